The van der Waals surface area contributed by atoms with E-state index in [1.807, 2.05) is 12.1 Å². The summed E-state index contributed by atoms with van der Waals surface area (Å²) < 4.78 is 53.8. The summed E-state index contributed by atoms with van der Waals surface area (Å²) in [6, 6.07) is 11.5. The molecule has 1 fully saturated rings. The molecule has 1 saturated carbocycles. The Morgan fingerprint density at radius 2 is 1.85 bits per heavy atom. The van der Waals surface area contributed by atoms with Gasteiger partial charge in [-0.2, -0.15) is 0 Å². The number of ether oxygens (including phenoxy) is 3. The van der Waals surface area contributed by atoms with Crippen molar-refractivity contribution in [2.24, 2.45) is 0 Å². The molecule has 8 nitrogen and oxygen atoms in total. The molecule has 0 amide bonds. The van der Waals surface area contributed by atoms with Gasteiger partial charge in [0.15, 0.2) is 0 Å². The van der Waals surface area contributed by atoms with Crippen LogP contribution in [0.1, 0.15) is 53.1 Å². The topological polar surface area (TPSA) is 103 Å². The fraction of sp³-hybridized carbons (Fsp3) is 0.367. The Bertz CT molecular complexity index is 1530. The largest absolute Gasteiger partial charge is 0.573 e. The lowest BCUT2D eigenvalue weighted by Crippen LogP contribution is -2.18. The fourth-order valence-electron chi connectivity index (χ4n) is 4.68. The van der Waals surface area contributed by atoms with Crippen LogP contribution in [0.3, 0.4) is 0 Å². The molecule has 0 bridgehead atoms. The molecule has 0 atom stereocenters. The number of alkyl halides is 3. The second-order valence-corrected chi connectivity index (χ2v) is 9.95. The van der Waals surface area contributed by atoms with Crippen molar-refractivity contribution in [1.82, 2.24) is 15.3 Å². The molecule has 0 radical (unpaired) electrons. The van der Waals surface area contributed by atoms with E-state index in [-0.39, 0.29) is 17.9 Å². The Kier molecular flexibility index (Phi) is 8.84. The standard InChI is InChI=1S/C30H30F3N3O5/c31-30(32,33)41-23-14-19(13-22(15-23)20-3-4-20)17-34-8-1-2-10-39-11-12-40-28-25-7-9-35-18-26(25)24-6-5-21(29(37)38)16-27(24)36-28/h5-7,9,13-16,18,20,34H,1-4,8,10-12,17H2,(H,37,38). The van der Waals surface area contributed by atoms with Crippen LogP contribution in [0, 0.1) is 0 Å². The molecule has 2 N–H and O–H groups in total. The Morgan fingerprint density at radius 3 is 2.63 bits per heavy atom. The Hall–Kier alpha value is -3.96. The number of fused-ring (bicyclic) bond motifs is 3. The number of carboxylic acids is 1. The van der Waals surface area contributed by atoms with Gasteiger partial charge in [0, 0.05) is 41.7 Å². The summed E-state index contributed by atoms with van der Waals surface area (Å²) in [6.45, 7) is 2.31. The number of unbranched alkanes of at least 4 members (excludes halogenated alkanes) is 1. The van der Waals surface area contributed by atoms with Gasteiger partial charge in [-0.25, -0.2) is 9.78 Å². The number of halogens is 3. The Labute approximate surface area is 234 Å². The van der Waals surface area contributed by atoms with Gasteiger partial charge in [-0.05, 0) is 79.6 Å². The molecule has 5 rings (SSSR count). The van der Waals surface area contributed by atoms with E-state index in [0.29, 0.717) is 43.6 Å². The number of benzene rings is 2. The van der Waals surface area contributed by atoms with Crippen molar-refractivity contribution in [3.63, 3.8) is 0 Å². The lowest BCUT2D eigenvalue weighted by molar-refractivity contribution is -0.274. The van der Waals surface area contributed by atoms with Crippen molar-refractivity contribution in [3.05, 3.63) is 71.5 Å². The maximum Gasteiger partial charge on any atom is 0.573 e. The number of hydrogen-bond donors (Lipinski definition) is 2. The molecule has 1 aliphatic carbocycles. The predicted octanol–water partition coefficient (Wildman–Crippen LogP) is 6.22. The summed E-state index contributed by atoms with van der Waals surface area (Å²) in [7, 11) is 0. The van der Waals surface area contributed by atoms with Crippen LogP contribution in [0.25, 0.3) is 21.7 Å². The van der Waals surface area contributed by atoms with Crippen molar-refractivity contribution in [3.8, 4) is 11.6 Å². The Morgan fingerprint density at radius 1 is 1.00 bits per heavy atom. The molecular formula is C30H30F3N3O5. The van der Waals surface area contributed by atoms with Crippen LogP contribution in [0.5, 0.6) is 11.6 Å². The van der Waals surface area contributed by atoms with Gasteiger partial charge >= 0.3 is 12.3 Å². The summed E-state index contributed by atoms with van der Waals surface area (Å²) in [5.41, 5.74) is 2.32. The molecule has 2 aromatic heterocycles. The van der Waals surface area contributed by atoms with Gasteiger partial charge in [0.1, 0.15) is 12.4 Å². The lowest BCUT2D eigenvalue weighted by atomic mass is 10.1. The SMILES string of the molecule is O=C(O)c1ccc2c(c1)nc(OCCOCCCCNCc1cc(OC(F)(F)F)cc(C3CC3)c1)c1ccncc12. The molecule has 0 spiro atoms. The minimum atomic E-state index is -4.71. The van der Waals surface area contributed by atoms with Crippen molar-refractivity contribution in [2.45, 2.75) is 44.5 Å². The predicted molar refractivity (Wildman–Crippen MR) is 146 cm³/mol. The normalized spacial score (nSPS) is 13.5. The third-order valence-electron chi connectivity index (χ3n) is 6.77. The van der Waals surface area contributed by atoms with Crippen LogP contribution >= 0.6 is 0 Å². The highest BCUT2D eigenvalue weighted by Crippen LogP contribution is 2.42. The zero-order valence-electron chi connectivity index (χ0n) is 22.2. The van der Waals surface area contributed by atoms with Gasteiger partial charge in [0.2, 0.25) is 5.88 Å². The summed E-state index contributed by atoms with van der Waals surface area (Å²) in [5.74, 6) is -0.481. The van der Waals surface area contributed by atoms with Crippen LogP contribution in [0.15, 0.2) is 54.9 Å². The highest BCUT2D eigenvalue weighted by Gasteiger charge is 2.32. The van der Waals surface area contributed by atoms with Crippen LogP contribution in [-0.4, -0.2) is 53.8 Å². The average Bonchev–Trinajstić information content (AvgIpc) is 3.78. The summed E-state index contributed by atoms with van der Waals surface area (Å²) in [4.78, 5) is 20.1. The third kappa shape index (κ3) is 7.83. The second-order valence-electron chi connectivity index (χ2n) is 9.95. The molecule has 216 valence electrons. The van der Waals surface area contributed by atoms with Gasteiger partial charge in [-0.15, -0.1) is 13.2 Å². The van der Waals surface area contributed by atoms with Gasteiger partial charge in [0.05, 0.1) is 17.7 Å². The number of carbonyl (C=O) groups is 1. The second kappa shape index (κ2) is 12.7. The van der Waals surface area contributed by atoms with E-state index in [9.17, 15) is 23.1 Å². The summed E-state index contributed by atoms with van der Waals surface area (Å²) >= 11 is 0. The number of nitrogens with zero attached hydrogens (tertiary/aromatic N) is 2. The molecule has 0 unspecified atom stereocenters. The van der Waals surface area contributed by atoms with Crippen LogP contribution in [0.2, 0.25) is 0 Å². The van der Waals surface area contributed by atoms with Crippen molar-refractivity contribution in [2.75, 3.05) is 26.4 Å². The van der Waals surface area contributed by atoms with E-state index < -0.39 is 12.3 Å². The minimum absolute atomic E-state index is 0.143. The van der Waals surface area contributed by atoms with Gasteiger partial charge in [0.25, 0.3) is 0 Å². The van der Waals surface area contributed by atoms with Crippen LogP contribution in [0.4, 0.5) is 13.2 Å². The zero-order valence-corrected chi connectivity index (χ0v) is 22.2. The summed E-state index contributed by atoms with van der Waals surface area (Å²) in [5, 5.41) is 15.0. The third-order valence-corrected chi connectivity index (χ3v) is 6.77. The van der Waals surface area contributed by atoms with E-state index in [2.05, 4.69) is 20.0 Å². The molecule has 4 aromatic rings. The van der Waals surface area contributed by atoms with Crippen molar-refractivity contribution < 1.29 is 37.3 Å². The highest BCUT2D eigenvalue weighted by molar-refractivity contribution is 6.08. The molecule has 41 heavy (non-hydrogen) atoms. The molecule has 2 heterocycles. The van der Waals surface area contributed by atoms with E-state index in [1.54, 1.807) is 24.5 Å². The van der Waals surface area contributed by atoms with E-state index >= 15 is 0 Å². The quantitative estimate of drug-likeness (QED) is 0.136. The number of aromatic nitrogens is 2. The first kappa shape index (κ1) is 28.6. The number of hydrogen-bond acceptors (Lipinski definition) is 7. The van der Waals surface area contributed by atoms with Crippen molar-refractivity contribution >= 4 is 27.6 Å². The maximum absolute atomic E-state index is 12.7. The van der Waals surface area contributed by atoms with E-state index in [1.165, 1.54) is 18.2 Å². The van der Waals surface area contributed by atoms with Gasteiger partial charge in [-0.3, -0.25) is 4.98 Å². The first-order valence-corrected chi connectivity index (χ1v) is 13.5. The number of aromatic carboxylic acids is 1. The van der Waals surface area contributed by atoms with Gasteiger partial charge in [-0.1, -0.05) is 12.1 Å². The number of rotatable bonds is 14. The summed E-state index contributed by atoms with van der Waals surface area (Å²) in [6.07, 6.45) is 2.28. The van der Waals surface area contributed by atoms with Gasteiger partial charge < -0.3 is 24.6 Å². The lowest BCUT2D eigenvalue weighted by Gasteiger charge is -2.13. The van der Waals surface area contributed by atoms with Crippen molar-refractivity contribution in [1.29, 1.82) is 0 Å². The number of pyridine rings is 2. The minimum Gasteiger partial charge on any atom is -0.478 e. The molecule has 0 aliphatic heterocycles. The highest BCUT2D eigenvalue weighted by atomic mass is 19.4. The first-order valence-electron chi connectivity index (χ1n) is 13.5. The first-order chi connectivity index (χ1) is 19.8. The van der Waals surface area contributed by atoms with Crippen LogP contribution in [-0.2, 0) is 11.3 Å². The van der Waals surface area contributed by atoms with E-state index in [0.717, 1.165) is 53.0 Å². The Balaban J connectivity index is 1.04. The maximum atomic E-state index is 12.7. The molecule has 11 heteroatoms. The van der Waals surface area contributed by atoms with Crippen LogP contribution < -0.4 is 14.8 Å². The fourth-order valence-corrected chi connectivity index (χ4v) is 4.68. The molecule has 0 saturated heterocycles. The zero-order chi connectivity index (χ0) is 28.8. The molecular weight excluding hydrogens is 539 g/mol. The number of nitrogens with one attached hydrogen (secondary N) is 1. The molecule has 2 aromatic carbocycles. The van der Waals surface area contributed by atoms with E-state index in [4.69, 9.17) is 9.47 Å². The number of carboxylic acid groups (broad SMARTS) is 1. The monoisotopic (exact) mass is 569 g/mol. The smallest absolute Gasteiger partial charge is 0.478 e. The molecule has 1 aliphatic rings. The average molecular weight is 570 g/mol.